The van der Waals surface area contributed by atoms with E-state index in [0.29, 0.717) is 0 Å². The first-order valence-electron chi connectivity index (χ1n) is 6.23. The predicted molar refractivity (Wildman–Crippen MR) is 74.2 cm³/mol. The van der Waals surface area contributed by atoms with Gasteiger partial charge >= 0.3 is 12.0 Å². The van der Waals surface area contributed by atoms with Crippen LogP contribution in [-0.4, -0.2) is 30.7 Å². The van der Waals surface area contributed by atoms with E-state index in [9.17, 15) is 9.59 Å². The van der Waals surface area contributed by atoms with Gasteiger partial charge in [-0.1, -0.05) is 32.0 Å². The van der Waals surface area contributed by atoms with Crippen LogP contribution >= 0.6 is 0 Å². The number of para-hydroxylation sites is 1. The molecule has 1 rings (SSSR count). The topological polar surface area (TPSA) is 69.6 Å². The summed E-state index contributed by atoms with van der Waals surface area (Å²) in [7, 11) is 1.65. The highest BCUT2D eigenvalue weighted by Crippen LogP contribution is 2.12. The summed E-state index contributed by atoms with van der Waals surface area (Å²) in [6, 6.07) is 8.88. The average molecular weight is 264 g/mol. The Labute approximate surface area is 113 Å². The number of nitrogens with zero attached hydrogens (tertiary/aromatic N) is 1. The maximum Gasteiger partial charge on any atom is 0.321 e. The van der Waals surface area contributed by atoms with Crippen molar-refractivity contribution in [2.24, 2.45) is 11.8 Å². The zero-order valence-corrected chi connectivity index (χ0v) is 11.5. The number of carbonyl (C=O) groups excluding carboxylic acids is 1. The standard InChI is InChI=1S/C14H20N2O3/c1-10(2)12(13(17)18)9-15-14(19)16(3)11-7-5-4-6-8-11/h4-8,10,12H,9H2,1-3H3,(H,15,19)(H,17,18). The zero-order chi connectivity index (χ0) is 14.4. The van der Waals surface area contributed by atoms with E-state index in [2.05, 4.69) is 5.32 Å². The fourth-order valence-electron chi connectivity index (χ4n) is 1.69. The van der Waals surface area contributed by atoms with E-state index in [4.69, 9.17) is 5.11 Å². The number of anilines is 1. The number of nitrogens with one attached hydrogen (secondary N) is 1. The van der Waals surface area contributed by atoms with E-state index in [1.807, 2.05) is 44.2 Å². The smallest absolute Gasteiger partial charge is 0.321 e. The molecular formula is C14H20N2O3. The zero-order valence-electron chi connectivity index (χ0n) is 11.5. The Hall–Kier alpha value is -2.04. The average Bonchev–Trinajstić information content (AvgIpc) is 2.38. The summed E-state index contributed by atoms with van der Waals surface area (Å²) < 4.78 is 0. The van der Waals surface area contributed by atoms with Crippen LogP contribution in [0.3, 0.4) is 0 Å². The molecule has 0 spiro atoms. The number of hydrogen-bond donors (Lipinski definition) is 2. The number of benzene rings is 1. The molecule has 0 fully saturated rings. The first-order valence-corrected chi connectivity index (χ1v) is 6.23. The third kappa shape index (κ3) is 4.28. The van der Waals surface area contributed by atoms with Crippen molar-refractivity contribution in [2.75, 3.05) is 18.5 Å². The fourth-order valence-corrected chi connectivity index (χ4v) is 1.69. The minimum absolute atomic E-state index is 0.0279. The molecule has 104 valence electrons. The van der Waals surface area contributed by atoms with E-state index in [0.717, 1.165) is 5.69 Å². The summed E-state index contributed by atoms with van der Waals surface area (Å²) >= 11 is 0. The second-order valence-electron chi connectivity index (χ2n) is 4.77. The number of hydrogen-bond acceptors (Lipinski definition) is 2. The molecule has 19 heavy (non-hydrogen) atoms. The van der Waals surface area contributed by atoms with Gasteiger partial charge in [-0.25, -0.2) is 4.79 Å². The summed E-state index contributed by atoms with van der Waals surface area (Å²) in [5.74, 6) is -1.49. The second-order valence-corrected chi connectivity index (χ2v) is 4.77. The van der Waals surface area contributed by atoms with Crippen LogP contribution in [0.25, 0.3) is 0 Å². The second kappa shape index (κ2) is 6.78. The Balaban J connectivity index is 2.58. The van der Waals surface area contributed by atoms with Crippen molar-refractivity contribution in [1.82, 2.24) is 5.32 Å². The molecule has 0 bridgehead atoms. The molecule has 0 aromatic heterocycles. The van der Waals surface area contributed by atoms with Gasteiger partial charge in [-0.3, -0.25) is 9.69 Å². The van der Waals surface area contributed by atoms with Gasteiger partial charge in [0.2, 0.25) is 0 Å². The van der Waals surface area contributed by atoms with Gasteiger partial charge in [0.25, 0.3) is 0 Å². The minimum atomic E-state index is -0.891. The van der Waals surface area contributed by atoms with Gasteiger partial charge in [0.05, 0.1) is 5.92 Å². The molecule has 0 aliphatic heterocycles. The van der Waals surface area contributed by atoms with Crippen LogP contribution in [0.15, 0.2) is 30.3 Å². The maximum absolute atomic E-state index is 11.9. The molecule has 5 heteroatoms. The first kappa shape index (κ1) is 15.0. The maximum atomic E-state index is 11.9. The molecule has 0 aliphatic rings. The van der Waals surface area contributed by atoms with Gasteiger partial charge in [0.15, 0.2) is 0 Å². The summed E-state index contributed by atoms with van der Waals surface area (Å²) in [5.41, 5.74) is 0.761. The van der Waals surface area contributed by atoms with Gasteiger partial charge in [-0.2, -0.15) is 0 Å². The van der Waals surface area contributed by atoms with E-state index >= 15 is 0 Å². The Kier molecular flexibility index (Phi) is 5.36. The number of carbonyl (C=O) groups is 2. The van der Waals surface area contributed by atoms with Crippen LogP contribution in [0.1, 0.15) is 13.8 Å². The molecule has 1 atom stereocenters. The van der Waals surface area contributed by atoms with Crippen molar-refractivity contribution >= 4 is 17.7 Å². The number of aliphatic carboxylic acids is 1. The van der Waals surface area contributed by atoms with Gasteiger partial charge < -0.3 is 10.4 Å². The highest BCUT2D eigenvalue weighted by atomic mass is 16.4. The highest BCUT2D eigenvalue weighted by molar-refractivity contribution is 5.91. The molecule has 0 radical (unpaired) electrons. The SMILES string of the molecule is CC(C)C(CNC(=O)N(C)c1ccccc1)C(=O)O. The highest BCUT2D eigenvalue weighted by Gasteiger charge is 2.22. The molecule has 1 aromatic rings. The lowest BCUT2D eigenvalue weighted by molar-refractivity contribution is -0.142. The van der Waals surface area contributed by atoms with Gasteiger partial charge in [0.1, 0.15) is 0 Å². The van der Waals surface area contributed by atoms with Crippen molar-refractivity contribution in [3.8, 4) is 0 Å². The van der Waals surface area contributed by atoms with Crippen LogP contribution < -0.4 is 10.2 Å². The Morgan fingerprint density at radius 3 is 2.32 bits per heavy atom. The third-order valence-electron chi connectivity index (χ3n) is 3.04. The summed E-state index contributed by atoms with van der Waals surface area (Å²) in [5, 5.41) is 11.7. The predicted octanol–water partition coefficient (Wildman–Crippen LogP) is 2.19. The lowest BCUT2D eigenvalue weighted by Crippen LogP contribution is -2.42. The van der Waals surface area contributed by atoms with Crippen molar-refractivity contribution in [1.29, 1.82) is 0 Å². The molecule has 0 aliphatic carbocycles. The van der Waals surface area contributed by atoms with Gasteiger partial charge in [-0.15, -0.1) is 0 Å². The van der Waals surface area contributed by atoms with E-state index in [1.54, 1.807) is 7.05 Å². The number of amides is 2. The van der Waals surface area contributed by atoms with Crippen molar-refractivity contribution < 1.29 is 14.7 Å². The molecule has 2 N–H and O–H groups in total. The molecule has 1 aromatic carbocycles. The summed E-state index contributed by atoms with van der Waals surface area (Å²) in [4.78, 5) is 24.4. The molecule has 1 unspecified atom stereocenters. The van der Waals surface area contributed by atoms with Crippen LogP contribution in [0.2, 0.25) is 0 Å². The van der Waals surface area contributed by atoms with Crippen molar-refractivity contribution in [2.45, 2.75) is 13.8 Å². The van der Waals surface area contributed by atoms with Crippen LogP contribution in [0.5, 0.6) is 0 Å². The molecule has 0 saturated carbocycles. The van der Waals surface area contributed by atoms with Crippen LogP contribution in [0.4, 0.5) is 10.5 Å². The first-order chi connectivity index (χ1) is 8.93. The van der Waals surface area contributed by atoms with Crippen molar-refractivity contribution in [3.63, 3.8) is 0 Å². The lowest BCUT2D eigenvalue weighted by atomic mass is 9.96. The monoisotopic (exact) mass is 264 g/mol. The Morgan fingerprint density at radius 2 is 1.84 bits per heavy atom. The van der Waals surface area contributed by atoms with Gasteiger partial charge in [-0.05, 0) is 18.1 Å². The number of carboxylic acid groups (broad SMARTS) is 1. The molecule has 0 saturated heterocycles. The molecule has 2 amide bonds. The molecular weight excluding hydrogens is 244 g/mol. The quantitative estimate of drug-likeness (QED) is 0.856. The van der Waals surface area contributed by atoms with Gasteiger partial charge in [0, 0.05) is 19.3 Å². The number of carboxylic acids is 1. The fraction of sp³-hybridized carbons (Fsp3) is 0.429. The largest absolute Gasteiger partial charge is 0.481 e. The van der Waals surface area contributed by atoms with Crippen LogP contribution in [0, 0.1) is 11.8 Å². The van der Waals surface area contributed by atoms with E-state index < -0.39 is 11.9 Å². The number of rotatable bonds is 5. The minimum Gasteiger partial charge on any atom is -0.481 e. The van der Waals surface area contributed by atoms with Crippen molar-refractivity contribution in [3.05, 3.63) is 30.3 Å². The normalized spacial score (nSPS) is 12.0. The van der Waals surface area contributed by atoms with E-state index in [-0.39, 0.29) is 18.5 Å². The number of urea groups is 1. The molecule has 5 nitrogen and oxygen atoms in total. The summed E-state index contributed by atoms with van der Waals surface area (Å²) in [6.45, 7) is 3.78. The molecule has 0 heterocycles. The third-order valence-corrected chi connectivity index (χ3v) is 3.04. The van der Waals surface area contributed by atoms with E-state index in [1.165, 1.54) is 4.90 Å². The lowest BCUT2D eigenvalue weighted by Gasteiger charge is -2.21. The summed E-state index contributed by atoms with van der Waals surface area (Å²) in [6.07, 6.45) is 0. The van der Waals surface area contributed by atoms with Crippen LogP contribution in [-0.2, 0) is 4.79 Å². The Bertz CT molecular complexity index is 432. The Morgan fingerprint density at radius 1 is 1.26 bits per heavy atom.